The fraction of sp³-hybridized carbons (Fsp3) is 0.333. The highest BCUT2D eigenvalue weighted by atomic mass is 19.4. The molecule has 0 radical (unpaired) electrons. The highest BCUT2D eigenvalue weighted by Gasteiger charge is 2.36. The summed E-state index contributed by atoms with van der Waals surface area (Å²) in [6.45, 7) is 0. The summed E-state index contributed by atoms with van der Waals surface area (Å²) in [5.41, 5.74) is -2.51. The molecule has 7 heteroatoms. The van der Waals surface area contributed by atoms with Crippen LogP contribution in [-0.4, -0.2) is 7.85 Å². The zero-order valence-corrected chi connectivity index (χ0v) is 8.21. The average molecular weight is 240 g/mol. The summed E-state index contributed by atoms with van der Waals surface area (Å²) in [7, 11) is 1.50. The Morgan fingerprint density at radius 2 is 1.19 bits per heavy atom. The summed E-state index contributed by atoms with van der Waals surface area (Å²) in [5.74, 6) is 0. The van der Waals surface area contributed by atoms with Crippen LogP contribution in [0.3, 0.4) is 0 Å². The van der Waals surface area contributed by atoms with E-state index in [4.69, 9.17) is 0 Å². The summed E-state index contributed by atoms with van der Waals surface area (Å²) in [6.07, 6.45) is -9.40. The van der Waals surface area contributed by atoms with Crippen LogP contribution in [0.2, 0.25) is 0 Å². The molecule has 0 nitrogen and oxygen atoms in total. The van der Waals surface area contributed by atoms with Gasteiger partial charge in [-0.1, -0.05) is 11.9 Å². The van der Waals surface area contributed by atoms with Gasteiger partial charge in [0, 0.05) is 0 Å². The summed E-state index contributed by atoms with van der Waals surface area (Å²) >= 11 is 0. The molecule has 1 aromatic rings. The molecule has 0 aliphatic rings. The van der Waals surface area contributed by atoms with Gasteiger partial charge in [0.2, 0.25) is 0 Å². The number of hydrogen-bond donors (Lipinski definition) is 0. The van der Waals surface area contributed by atoms with Crippen LogP contribution in [-0.2, 0) is 18.7 Å². The van der Waals surface area contributed by atoms with E-state index in [1.807, 2.05) is 0 Å². The quantitative estimate of drug-likeness (QED) is 0.523. The van der Waals surface area contributed by atoms with E-state index in [2.05, 4.69) is 0 Å². The van der Waals surface area contributed by atoms with Crippen LogP contribution in [0.4, 0.5) is 26.3 Å². The molecular formula is C9H7BF6. The van der Waals surface area contributed by atoms with E-state index in [-0.39, 0.29) is 17.9 Å². The lowest BCUT2D eigenvalue weighted by atomic mass is 9.93. The molecule has 0 aromatic heterocycles. The first-order valence-electron chi connectivity index (χ1n) is 4.43. The van der Waals surface area contributed by atoms with Crippen LogP contribution in [0.5, 0.6) is 0 Å². The van der Waals surface area contributed by atoms with Crippen LogP contribution < -0.4 is 0 Å². The lowest BCUT2D eigenvalue weighted by Gasteiger charge is -2.13. The SMILES string of the molecule is BCc1cc(C(F)(F)F)cc(C(F)(F)F)c1. The van der Waals surface area contributed by atoms with E-state index in [0.717, 1.165) is 12.1 Å². The van der Waals surface area contributed by atoms with E-state index in [1.165, 1.54) is 7.85 Å². The first-order chi connectivity index (χ1) is 7.14. The molecule has 0 saturated carbocycles. The predicted molar refractivity (Wildman–Crippen MR) is 48.7 cm³/mol. The van der Waals surface area contributed by atoms with E-state index in [0.29, 0.717) is 0 Å². The Morgan fingerprint density at radius 3 is 1.44 bits per heavy atom. The fourth-order valence-corrected chi connectivity index (χ4v) is 1.22. The van der Waals surface area contributed by atoms with Gasteiger partial charge >= 0.3 is 12.4 Å². The van der Waals surface area contributed by atoms with Crippen molar-refractivity contribution in [3.05, 3.63) is 34.9 Å². The summed E-state index contributed by atoms with van der Waals surface area (Å²) in [6, 6.07) is 1.59. The Labute approximate surface area is 88.7 Å². The molecule has 0 unspecified atom stereocenters. The van der Waals surface area contributed by atoms with Crippen LogP contribution >= 0.6 is 0 Å². The lowest BCUT2D eigenvalue weighted by molar-refractivity contribution is -0.143. The second-order valence-corrected chi connectivity index (χ2v) is 3.27. The molecule has 16 heavy (non-hydrogen) atoms. The molecule has 0 fully saturated rings. The number of halogens is 6. The third kappa shape index (κ3) is 2.93. The highest BCUT2D eigenvalue weighted by molar-refractivity contribution is 6.08. The molecule has 0 aliphatic heterocycles. The van der Waals surface area contributed by atoms with Gasteiger partial charge in [-0.3, -0.25) is 0 Å². The predicted octanol–water partition coefficient (Wildman–Crippen LogP) is 2.86. The van der Waals surface area contributed by atoms with E-state index >= 15 is 0 Å². The molecule has 1 rings (SSSR count). The highest BCUT2D eigenvalue weighted by Crippen LogP contribution is 2.36. The summed E-state index contributed by atoms with van der Waals surface area (Å²) in [5, 5.41) is 0. The molecule has 0 aliphatic carbocycles. The minimum atomic E-state index is -4.76. The second kappa shape index (κ2) is 4.03. The first-order valence-corrected chi connectivity index (χ1v) is 4.43. The Morgan fingerprint density at radius 1 is 0.812 bits per heavy atom. The van der Waals surface area contributed by atoms with Crippen LogP contribution in [0.25, 0.3) is 0 Å². The summed E-state index contributed by atoms with van der Waals surface area (Å²) in [4.78, 5) is 0. The van der Waals surface area contributed by atoms with Gasteiger partial charge in [0.15, 0.2) is 0 Å². The lowest BCUT2D eigenvalue weighted by Crippen LogP contribution is -2.11. The Balaban J connectivity index is 3.33. The molecule has 88 valence electrons. The van der Waals surface area contributed by atoms with E-state index in [1.54, 1.807) is 0 Å². The first kappa shape index (κ1) is 12.9. The van der Waals surface area contributed by atoms with Gasteiger partial charge in [-0.2, -0.15) is 26.3 Å². The number of benzene rings is 1. The van der Waals surface area contributed by atoms with Gasteiger partial charge in [-0.25, -0.2) is 0 Å². The van der Waals surface area contributed by atoms with Crippen LogP contribution in [0.15, 0.2) is 18.2 Å². The average Bonchev–Trinajstić information content (AvgIpc) is 2.14. The van der Waals surface area contributed by atoms with Gasteiger partial charge in [-0.15, -0.1) is 0 Å². The Hall–Kier alpha value is -1.14. The van der Waals surface area contributed by atoms with Crippen molar-refractivity contribution in [1.82, 2.24) is 0 Å². The normalized spacial score (nSPS) is 12.9. The minimum absolute atomic E-state index is 0.0159. The Kier molecular flexibility index (Phi) is 3.26. The van der Waals surface area contributed by atoms with Crippen molar-refractivity contribution in [3.63, 3.8) is 0 Å². The van der Waals surface area contributed by atoms with Gasteiger partial charge in [0.25, 0.3) is 0 Å². The maximum Gasteiger partial charge on any atom is 0.416 e. The third-order valence-corrected chi connectivity index (χ3v) is 2.06. The molecule has 0 bridgehead atoms. The molecule has 0 atom stereocenters. The van der Waals surface area contributed by atoms with Gasteiger partial charge in [0.05, 0.1) is 11.1 Å². The van der Waals surface area contributed by atoms with E-state index < -0.39 is 23.5 Å². The Bertz CT molecular complexity index is 346. The smallest absolute Gasteiger partial charge is 0.166 e. The molecule has 0 amide bonds. The van der Waals surface area contributed by atoms with Crippen LogP contribution in [0.1, 0.15) is 16.7 Å². The van der Waals surface area contributed by atoms with Crippen molar-refractivity contribution in [2.24, 2.45) is 0 Å². The van der Waals surface area contributed by atoms with Crippen molar-refractivity contribution in [2.45, 2.75) is 18.7 Å². The standard InChI is InChI=1S/C9H7BF6/c10-4-5-1-6(8(11,12)13)3-7(2-5)9(14,15)16/h1-3H,4,10H2. The largest absolute Gasteiger partial charge is 0.416 e. The number of alkyl halides is 6. The number of hydrogen-bond acceptors (Lipinski definition) is 0. The van der Waals surface area contributed by atoms with Gasteiger partial charge in [0.1, 0.15) is 7.85 Å². The van der Waals surface area contributed by atoms with Crippen molar-refractivity contribution in [2.75, 3.05) is 0 Å². The third-order valence-electron chi connectivity index (χ3n) is 2.06. The molecular weight excluding hydrogens is 233 g/mol. The second-order valence-electron chi connectivity index (χ2n) is 3.27. The fourth-order valence-electron chi connectivity index (χ4n) is 1.22. The van der Waals surface area contributed by atoms with Crippen molar-refractivity contribution in [1.29, 1.82) is 0 Å². The zero-order valence-electron chi connectivity index (χ0n) is 8.21. The van der Waals surface area contributed by atoms with Crippen molar-refractivity contribution in [3.8, 4) is 0 Å². The monoisotopic (exact) mass is 240 g/mol. The maximum atomic E-state index is 12.3. The topological polar surface area (TPSA) is 0 Å². The van der Waals surface area contributed by atoms with Crippen LogP contribution in [0, 0.1) is 0 Å². The molecule has 0 spiro atoms. The molecule has 0 heterocycles. The van der Waals surface area contributed by atoms with E-state index in [9.17, 15) is 26.3 Å². The molecule has 0 saturated heterocycles. The maximum absolute atomic E-state index is 12.3. The molecule has 1 aromatic carbocycles. The minimum Gasteiger partial charge on any atom is -0.166 e. The van der Waals surface area contributed by atoms with Crippen molar-refractivity contribution < 1.29 is 26.3 Å². The van der Waals surface area contributed by atoms with Gasteiger partial charge in [-0.05, 0) is 18.2 Å². The molecule has 0 N–H and O–H groups in total. The zero-order chi connectivity index (χ0) is 12.6. The number of rotatable bonds is 1. The van der Waals surface area contributed by atoms with Gasteiger partial charge < -0.3 is 0 Å². The summed E-state index contributed by atoms with van der Waals surface area (Å²) < 4.78 is 73.8. The van der Waals surface area contributed by atoms with Crippen molar-refractivity contribution >= 4 is 7.85 Å².